The summed E-state index contributed by atoms with van der Waals surface area (Å²) in [6, 6.07) is 2.19. The van der Waals surface area contributed by atoms with Gasteiger partial charge in [-0.3, -0.25) is 0 Å². The molecule has 1 aromatic carbocycles. The standard InChI is InChI=1S/C14H16F2N2/c1-14(5-3-2-4-6-14)13-17-11-8-9(15)7-10(16)12(11)18-13/h7-8H,2-6H2,1H3,(H,17,18). The highest BCUT2D eigenvalue weighted by Gasteiger charge is 2.32. The number of benzene rings is 1. The molecule has 1 aromatic heterocycles. The Morgan fingerprint density at radius 1 is 1.17 bits per heavy atom. The number of hydrogen-bond donors (Lipinski definition) is 1. The predicted octanol–water partition coefficient (Wildman–Crippen LogP) is 4.06. The molecule has 1 N–H and O–H groups in total. The summed E-state index contributed by atoms with van der Waals surface area (Å²) < 4.78 is 26.8. The topological polar surface area (TPSA) is 28.7 Å². The summed E-state index contributed by atoms with van der Waals surface area (Å²) in [5.41, 5.74) is 0.674. The van der Waals surface area contributed by atoms with Gasteiger partial charge < -0.3 is 4.98 Å². The fourth-order valence-electron chi connectivity index (χ4n) is 2.90. The molecule has 0 bridgehead atoms. The van der Waals surface area contributed by atoms with E-state index in [-0.39, 0.29) is 10.9 Å². The second kappa shape index (κ2) is 4.04. The summed E-state index contributed by atoms with van der Waals surface area (Å²) in [6.07, 6.45) is 5.70. The average Bonchev–Trinajstić information content (AvgIpc) is 2.74. The minimum absolute atomic E-state index is 0.0276. The first kappa shape index (κ1) is 11.6. The largest absolute Gasteiger partial charge is 0.341 e. The number of hydrogen-bond acceptors (Lipinski definition) is 1. The van der Waals surface area contributed by atoms with Gasteiger partial charge in [0.15, 0.2) is 5.82 Å². The molecule has 0 radical (unpaired) electrons. The van der Waals surface area contributed by atoms with Gasteiger partial charge in [0.25, 0.3) is 0 Å². The predicted molar refractivity (Wildman–Crippen MR) is 66.4 cm³/mol. The number of fused-ring (bicyclic) bond motifs is 1. The maximum absolute atomic E-state index is 13.6. The summed E-state index contributed by atoms with van der Waals surface area (Å²) in [4.78, 5) is 7.45. The number of halogens is 2. The Morgan fingerprint density at radius 2 is 1.89 bits per heavy atom. The molecule has 0 spiro atoms. The van der Waals surface area contributed by atoms with Crippen molar-refractivity contribution in [3.8, 4) is 0 Å². The van der Waals surface area contributed by atoms with Gasteiger partial charge in [0.1, 0.15) is 17.2 Å². The quantitative estimate of drug-likeness (QED) is 0.812. The number of imidazole rings is 1. The van der Waals surface area contributed by atoms with Crippen molar-refractivity contribution >= 4 is 11.0 Å². The van der Waals surface area contributed by atoms with Crippen molar-refractivity contribution in [3.63, 3.8) is 0 Å². The normalized spacial score (nSPS) is 19.3. The van der Waals surface area contributed by atoms with Crippen LogP contribution < -0.4 is 0 Å². The molecule has 1 aliphatic rings. The van der Waals surface area contributed by atoms with Crippen LogP contribution in [-0.2, 0) is 5.41 Å². The third-order valence-electron chi connectivity index (χ3n) is 4.03. The fraction of sp³-hybridized carbons (Fsp3) is 0.500. The molecule has 1 aliphatic carbocycles. The van der Waals surface area contributed by atoms with Crippen LogP contribution in [0.3, 0.4) is 0 Å². The van der Waals surface area contributed by atoms with Gasteiger partial charge >= 0.3 is 0 Å². The molecule has 0 aliphatic heterocycles. The van der Waals surface area contributed by atoms with Gasteiger partial charge in [0, 0.05) is 11.5 Å². The Labute approximate surface area is 104 Å². The lowest BCUT2D eigenvalue weighted by Crippen LogP contribution is -2.26. The second-order valence-corrected chi connectivity index (χ2v) is 5.49. The average molecular weight is 250 g/mol. The van der Waals surface area contributed by atoms with Crippen LogP contribution in [0.15, 0.2) is 12.1 Å². The molecule has 1 heterocycles. The SMILES string of the molecule is CC1(c2nc3c(F)cc(F)cc3[nH]2)CCCCC1. The minimum atomic E-state index is -0.591. The molecule has 2 nitrogen and oxygen atoms in total. The lowest BCUT2D eigenvalue weighted by atomic mass is 9.75. The Kier molecular flexibility index (Phi) is 2.61. The third-order valence-corrected chi connectivity index (χ3v) is 4.03. The smallest absolute Gasteiger partial charge is 0.153 e. The van der Waals surface area contributed by atoms with E-state index >= 15 is 0 Å². The molecule has 96 valence electrons. The van der Waals surface area contributed by atoms with Gasteiger partial charge in [0.2, 0.25) is 0 Å². The van der Waals surface area contributed by atoms with Crippen molar-refractivity contribution in [2.24, 2.45) is 0 Å². The first-order chi connectivity index (χ1) is 8.58. The van der Waals surface area contributed by atoms with E-state index in [4.69, 9.17) is 0 Å². The van der Waals surface area contributed by atoms with Crippen LogP contribution in [0.1, 0.15) is 44.9 Å². The molecular formula is C14H16F2N2. The molecule has 1 fully saturated rings. The van der Waals surface area contributed by atoms with Crippen LogP contribution in [0, 0.1) is 11.6 Å². The number of nitrogens with one attached hydrogen (secondary N) is 1. The van der Waals surface area contributed by atoms with Crippen molar-refractivity contribution < 1.29 is 8.78 Å². The number of aromatic nitrogens is 2. The van der Waals surface area contributed by atoms with Crippen LogP contribution in [-0.4, -0.2) is 9.97 Å². The monoisotopic (exact) mass is 250 g/mol. The summed E-state index contributed by atoms with van der Waals surface area (Å²) in [7, 11) is 0. The zero-order chi connectivity index (χ0) is 12.8. The van der Waals surface area contributed by atoms with Crippen molar-refractivity contribution in [1.29, 1.82) is 0 Å². The van der Waals surface area contributed by atoms with Gasteiger partial charge in [-0.15, -0.1) is 0 Å². The van der Waals surface area contributed by atoms with Crippen LogP contribution in [0.5, 0.6) is 0 Å². The summed E-state index contributed by atoms with van der Waals surface area (Å²) >= 11 is 0. The highest BCUT2D eigenvalue weighted by atomic mass is 19.1. The fourth-order valence-corrected chi connectivity index (χ4v) is 2.90. The minimum Gasteiger partial charge on any atom is -0.341 e. The summed E-state index contributed by atoms with van der Waals surface area (Å²) in [5, 5.41) is 0. The maximum Gasteiger partial charge on any atom is 0.153 e. The van der Waals surface area contributed by atoms with E-state index in [1.54, 1.807) is 0 Å². The molecular weight excluding hydrogens is 234 g/mol. The third kappa shape index (κ3) is 1.80. The molecule has 4 heteroatoms. The van der Waals surface area contributed by atoms with Crippen molar-refractivity contribution in [1.82, 2.24) is 9.97 Å². The van der Waals surface area contributed by atoms with Crippen LogP contribution in [0.2, 0.25) is 0 Å². The Bertz CT molecular complexity index is 583. The van der Waals surface area contributed by atoms with E-state index in [1.807, 2.05) is 0 Å². The van der Waals surface area contributed by atoms with Gasteiger partial charge in [-0.05, 0) is 18.9 Å². The Morgan fingerprint density at radius 3 is 2.61 bits per heavy atom. The van der Waals surface area contributed by atoms with Gasteiger partial charge in [-0.2, -0.15) is 0 Å². The van der Waals surface area contributed by atoms with Crippen LogP contribution in [0.25, 0.3) is 11.0 Å². The van der Waals surface area contributed by atoms with E-state index in [9.17, 15) is 8.78 Å². The van der Waals surface area contributed by atoms with Crippen molar-refractivity contribution in [2.75, 3.05) is 0 Å². The van der Waals surface area contributed by atoms with E-state index < -0.39 is 11.6 Å². The zero-order valence-electron chi connectivity index (χ0n) is 10.4. The Hall–Kier alpha value is -1.45. The highest BCUT2D eigenvalue weighted by Crippen LogP contribution is 2.38. The Balaban J connectivity index is 2.10. The van der Waals surface area contributed by atoms with E-state index in [1.165, 1.54) is 25.3 Å². The van der Waals surface area contributed by atoms with Crippen LogP contribution in [0.4, 0.5) is 8.78 Å². The second-order valence-electron chi connectivity index (χ2n) is 5.49. The lowest BCUT2D eigenvalue weighted by molar-refractivity contribution is 0.306. The number of aromatic amines is 1. The molecule has 1 saturated carbocycles. The van der Waals surface area contributed by atoms with E-state index in [0.29, 0.717) is 5.52 Å². The van der Waals surface area contributed by atoms with E-state index in [2.05, 4.69) is 16.9 Å². The maximum atomic E-state index is 13.6. The van der Waals surface area contributed by atoms with Gasteiger partial charge in [-0.1, -0.05) is 26.2 Å². The first-order valence-corrected chi connectivity index (χ1v) is 6.44. The molecule has 18 heavy (non-hydrogen) atoms. The number of rotatable bonds is 1. The van der Waals surface area contributed by atoms with Gasteiger partial charge in [0.05, 0.1) is 5.52 Å². The van der Waals surface area contributed by atoms with Crippen LogP contribution >= 0.6 is 0 Å². The van der Waals surface area contributed by atoms with Crippen molar-refractivity contribution in [3.05, 3.63) is 29.6 Å². The summed E-state index contributed by atoms with van der Waals surface area (Å²) in [6.45, 7) is 2.15. The van der Waals surface area contributed by atoms with Crippen molar-refractivity contribution in [2.45, 2.75) is 44.4 Å². The molecule has 0 amide bonds. The molecule has 3 rings (SSSR count). The first-order valence-electron chi connectivity index (χ1n) is 6.44. The molecule has 0 unspecified atom stereocenters. The lowest BCUT2D eigenvalue weighted by Gasteiger charge is -2.31. The molecule has 0 atom stereocenters. The zero-order valence-corrected chi connectivity index (χ0v) is 10.4. The highest BCUT2D eigenvalue weighted by molar-refractivity contribution is 5.76. The number of nitrogens with zero attached hydrogens (tertiary/aromatic N) is 1. The van der Waals surface area contributed by atoms with E-state index in [0.717, 1.165) is 24.7 Å². The molecule has 2 aromatic rings. The number of H-pyrrole nitrogens is 1. The molecule has 0 saturated heterocycles. The summed E-state index contributed by atoms with van der Waals surface area (Å²) in [5.74, 6) is -0.363. The van der Waals surface area contributed by atoms with Gasteiger partial charge in [-0.25, -0.2) is 13.8 Å².